The van der Waals surface area contributed by atoms with Gasteiger partial charge >= 0.3 is 0 Å². The van der Waals surface area contributed by atoms with Crippen molar-refractivity contribution in [2.24, 2.45) is 0 Å². The monoisotopic (exact) mass is 372 g/mol. The summed E-state index contributed by atoms with van der Waals surface area (Å²) in [6, 6.07) is 2.73. The van der Waals surface area contributed by atoms with Crippen LogP contribution in [0.2, 0.25) is 13.1 Å². The second kappa shape index (κ2) is 7.17. The molecule has 2 nitrogen and oxygen atoms in total. The van der Waals surface area contributed by atoms with Crippen LogP contribution in [0.3, 0.4) is 0 Å². The molecule has 0 amide bonds. The summed E-state index contributed by atoms with van der Waals surface area (Å²) in [5.41, 5.74) is 3.09. The van der Waals surface area contributed by atoms with Crippen molar-refractivity contribution >= 4 is 8.07 Å². The molecular formula is C24H28N2Si. The van der Waals surface area contributed by atoms with Gasteiger partial charge in [0, 0.05) is 46.8 Å². The van der Waals surface area contributed by atoms with E-state index in [1.807, 2.05) is 0 Å². The van der Waals surface area contributed by atoms with Gasteiger partial charge in [-0.05, 0) is 41.0 Å². The van der Waals surface area contributed by atoms with Crippen molar-refractivity contribution in [3.8, 4) is 0 Å². The lowest BCUT2D eigenvalue weighted by atomic mass is 9.91. The molecule has 0 heterocycles. The topological polar surface area (TPSA) is 6.48 Å². The molecule has 0 aromatic carbocycles. The van der Waals surface area contributed by atoms with E-state index in [4.69, 9.17) is 0 Å². The van der Waals surface area contributed by atoms with E-state index in [1.165, 1.54) is 35.8 Å². The molecule has 27 heavy (non-hydrogen) atoms. The summed E-state index contributed by atoms with van der Waals surface area (Å²) in [5, 5.41) is 0. The van der Waals surface area contributed by atoms with E-state index in [9.17, 15) is 0 Å². The van der Waals surface area contributed by atoms with Crippen LogP contribution in [0.4, 0.5) is 0 Å². The third-order valence-electron chi connectivity index (χ3n) is 5.77. The molecule has 0 aromatic rings. The molecule has 10 radical (unpaired) electrons. The first kappa shape index (κ1) is 19.4. The molecule has 0 N–H and O–H groups in total. The Balaban J connectivity index is 1.73. The predicted octanol–water partition coefficient (Wildman–Crippen LogP) is 4.10. The Morgan fingerprint density at radius 2 is 0.963 bits per heavy atom. The molecule has 0 aliphatic heterocycles. The minimum absolute atomic E-state index is 1.35. The van der Waals surface area contributed by atoms with Gasteiger partial charge in [-0.3, -0.25) is 0 Å². The molecule has 0 atom stereocenters. The van der Waals surface area contributed by atoms with Gasteiger partial charge in [-0.2, -0.15) is 0 Å². The zero-order valence-corrected chi connectivity index (χ0v) is 18.2. The fourth-order valence-corrected chi connectivity index (χ4v) is 8.48. The fourth-order valence-electron chi connectivity index (χ4n) is 4.56. The molecule has 0 unspecified atom stereocenters. The van der Waals surface area contributed by atoms with Gasteiger partial charge in [0.25, 0.3) is 0 Å². The van der Waals surface area contributed by atoms with Crippen molar-refractivity contribution in [2.75, 3.05) is 28.2 Å². The van der Waals surface area contributed by atoms with Gasteiger partial charge < -0.3 is 9.80 Å². The Hall–Kier alpha value is -0.903. The molecule has 0 aromatic heterocycles. The standard InChI is InChI=1S/C24H28N2Si/c1-25(2)21-15-17-11-7-9-13-19(17)23(21)27(5,6)24-20-14-10-8-12-18(20)16-22(24)26(3)4/h7-16H,1-6H3. The Morgan fingerprint density at radius 3 is 1.33 bits per heavy atom. The minimum Gasteiger partial charge on any atom is -0.301 e. The summed E-state index contributed by atoms with van der Waals surface area (Å²) in [7, 11) is 6.68. The summed E-state index contributed by atoms with van der Waals surface area (Å²) in [6.07, 6.45) is 22.4. The summed E-state index contributed by atoms with van der Waals surface area (Å²) in [4.78, 5) is 4.56. The highest BCUT2D eigenvalue weighted by Crippen LogP contribution is 2.62. The average molecular weight is 373 g/mol. The maximum absolute atomic E-state index is 2.51. The van der Waals surface area contributed by atoms with E-state index in [1.54, 1.807) is 11.1 Å². The number of nitrogens with zero attached hydrogens (tertiary/aromatic N) is 2. The first-order valence-electron chi connectivity index (χ1n) is 9.55. The van der Waals surface area contributed by atoms with E-state index >= 15 is 0 Å². The maximum Gasteiger partial charge on any atom is 0.0678 e. The normalized spacial score (nSPS) is 27.0. The van der Waals surface area contributed by atoms with Crippen LogP contribution in [0.1, 0.15) is 0 Å². The van der Waals surface area contributed by atoms with Crippen molar-refractivity contribution in [2.45, 2.75) is 13.1 Å². The molecule has 4 aliphatic rings. The van der Waals surface area contributed by atoms with Crippen LogP contribution >= 0.6 is 0 Å². The van der Waals surface area contributed by atoms with Crippen LogP contribution in [0.5, 0.6) is 0 Å². The summed E-state index contributed by atoms with van der Waals surface area (Å²) < 4.78 is 0. The Morgan fingerprint density at radius 1 is 0.593 bits per heavy atom. The molecule has 2 fully saturated rings. The summed E-state index contributed by atoms with van der Waals surface area (Å²) >= 11 is 0. The number of hydrogen-bond acceptors (Lipinski definition) is 2. The molecule has 4 aliphatic carbocycles. The molecule has 138 valence electrons. The Kier molecular flexibility index (Phi) is 5.15. The molecule has 0 spiro atoms. The van der Waals surface area contributed by atoms with Gasteiger partial charge in [0.1, 0.15) is 0 Å². The van der Waals surface area contributed by atoms with Gasteiger partial charge in [0.15, 0.2) is 0 Å². The zero-order valence-electron chi connectivity index (χ0n) is 17.2. The van der Waals surface area contributed by atoms with Gasteiger partial charge in [0.2, 0.25) is 0 Å². The van der Waals surface area contributed by atoms with Gasteiger partial charge in [-0.15, -0.1) is 0 Å². The van der Waals surface area contributed by atoms with E-state index < -0.39 is 8.07 Å². The largest absolute Gasteiger partial charge is 0.301 e. The van der Waals surface area contributed by atoms with Crippen LogP contribution in [0, 0.1) is 59.7 Å². The SMILES string of the molecule is CN(C)[C]1[CH][C]2C=CC=C[C]2[C]1[Si](C)(C)[C]1[C]2C=CC=C[C]2[CH][C]1N(C)C. The second-order valence-electron chi connectivity index (χ2n) is 8.40. The van der Waals surface area contributed by atoms with E-state index in [-0.39, 0.29) is 0 Å². The second-order valence-corrected chi connectivity index (χ2v) is 12.6. The van der Waals surface area contributed by atoms with Crippen LogP contribution in [-0.2, 0) is 0 Å². The zero-order chi connectivity index (χ0) is 19.3. The van der Waals surface area contributed by atoms with E-state index in [2.05, 4.69) is 113 Å². The third kappa shape index (κ3) is 3.16. The van der Waals surface area contributed by atoms with Crippen molar-refractivity contribution in [3.63, 3.8) is 0 Å². The maximum atomic E-state index is 2.51. The van der Waals surface area contributed by atoms with Crippen LogP contribution < -0.4 is 0 Å². The van der Waals surface area contributed by atoms with Crippen molar-refractivity contribution < 1.29 is 0 Å². The van der Waals surface area contributed by atoms with Crippen molar-refractivity contribution in [1.82, 2.24) is 9.80 Å². The lowest BCUT2D eigenvalue weighted by molar-refractivity contribution is 0.448. The van der Waals surface area contributed by atoms with Crippen LogP contribution in [0.25, 0.3) is 0 Å². The molecule has 2 saturated carbocycles. The highest BCUT2D eigenvalue weighted by atomic mass is 28.3. The third-order valence-corrected chi connectivity index (χ3v) is 9.32. The first-order valence-corrected chi connectivity index (χ1v) is 12.5. The Bertz CT molecular complexity index is 616. The fraction of sp³-hybridized carbons (Fsp3) is 0.250. The van der Waals surface area contributed by atoms with Gasteiger partial charge in [-0.25, -0.2) is 0 Å². The van der Waals surface area contributed by atoms with Crippen molar-refractivity contribution in [1.29, 1.82) is 0 Å². The lowest BCUT2D eigenvalue weighted by Crippen LogP contribution is -2.52. The predicted molar refractivity (Wildman–Crippen MR) is 116 cm³/mol. The summed E-state index contributed by atoms with van der Waals surface area (Å²) in [5.74, 6) is 5.51. The lowest BCUT2D eigenvalue weighted by Gasteiger charge is -2.46. The number of rotatable bonds is 4. The van der Waals surface area contributed by atoms with Crippen molar-refractivity contribution in [3.05, 3.63) is 108 Å². The quantitative estimate of drug-likeness (QED) is 0.686. The smallest absolute Gasteiger partial charge is 0.0678 e. The van der Waals surface area contributed by atoms with E-state index in [0.29, 0.717) is 0 Å². The molecule has 0 bridgehead atoms. The molecule has 4 rings (SSSR count). The summed E-state index contributed by atoms with van der Waals surface area (Å²) in [6.45, 7) is 5.02. The molecule has 0 saturated heterocycles. The minimum atomic E-state index is -1.98. The molecule has 3 heteroatoms. The highest BCUT2D eigenvalue weighted by Gasteiger charge is 2.60. The Labute approximate surface area is 167 Å². The van der Waals surface area contributed by atoms with Gasteiger partial charge in [0.05, 0.1) is 8.07 Å². The highest BCUT2D eigenvalue weighted by molar-refractivity contribution is 6.90. The van der Waals surface area contributed by atoms with Gasteiger partial charge in [-0.1, -0.05) is 61.7 Å². The number of fused-ring (bicyclic) bond motifs is 2. The molecular weight excluding hydrogens is 344 g/mol. The number of allylic oxidation sites excluding steroid dienone is 8. The van der Waals surface area contributed by atoms with Crippen LogP contribution in [0.15, 0.2) is 48.6 Å². The number of hydrogen-bond donors (Lipinski definition) is 0. The van der Waals surface area contributed by atoms with E-state index in [0.717, 1.165) is 0 Å². The average Bonchev–Trinajstić information content (AvgIpc) is 3.21. The van der Waals surface area contributed by atoms with Crippen LogP contribution in [-0.4, -0.2) is 46.1 Å². The first-order chi connectivity index (χ1) is 12.8.